The fourth-order valence-corrected chi connectivity index (χ4v) is 2.69. The molecule has 2 N–H and O–H groups in total. The topological polar surface area (TPSA) is 69.2 Å². The van der Waals surface area contributed by atoms with Crippen LogP contribution < -0.4 is 5.56 Å². The van der Waals surface area contributed by atoms with E-state index in [1.807, 2.05) is 12.3 Å². The van der Waals surface area contributed by atoms with E-state index in [4.69, 9.17) is 5.11 Å². The lowest BCUT2D eigenvalue weighted by Crippen LogP contribution is -2.28. The van der Waals surface area contributed by atoms with Gasteiger partial charge in [-0.3, -0.25) is 9.69 Å². The molecule has 5 nitrogen and oxygen atoms in total. The predicted octanol–water partition coefficient (Wildman–Crippen LogP) is 1.39. The number of nitrogens with one attached hydrogen (secondary N) is 1. The predicted molar refractivity (Wildman–Crippen MR) is 79.8 cm³/mol. The van der Waals surface area contributed by atoms with Crippen molar-refractivity contribution in [2.24, 2.45) is 0 Å². The Morgan fingerprint density at radius 1 is 1.45 bits per heavy atom. The second-order valence-electron chi connectivity index (χ2n) is 4.60. The second kappa shape index (κ2) is 7.33. The number of thiophene rings is 1. The van der Waals surface area contributed by atoms with Crippen LogP contribution in [0.1, 0.15) is 24.0 Å². The van der Waals surface area contributed by atoms with Crippen molar-refractivity contribution in [1.29, 1.82) is 0 Å². The minimum Gasteiger partial charge on any atom is -0.395 e. The van der Waals surface area contributed by atoms with Crippen molar-refractivity contribution in [1.82, 2.24) is 14.9 Å². The second-order valence-corrected chi connectivity index (χ2v) is 5.38. The summed E-state index contributed by atoms with van der Waals surface area (Å²) in [5, 5.41) is 13.3. The van der Waals surface area contributed by atoms with Gasteiger partial charge in [-0.25, -0.2) is 4.98 Å². The SMILES string of the molecule is CCc1cc(=O)[nH]c(CN(CCO)Cc2ccsc2)n1. The molecule has 108 valence electrons. The summed E-state index contributed by atoms with van der Waals surface area (Å²) in [6.45, 7) is 3.88. The minimum absolute atomic E-state index is 0.0852. The number of hydrogen-bond donors (Lipinski definition) is 2. The maximum absolute atomic E-state index is 11.6. The van der Waals surface area contributed by atoms with E-state index in [0.29, 0.717) is 18.9 Å². The van der Waals surface area contributed by atoms with Gasteiger partial charge in [0.2, 0.25) is 0 Å². The average molecular weight is 293 g/mol. The summed E-state index contributed by atoms with van der Waals surface area (Å²) in [4.78, 5) is 20.8. The van der Waals surface area contributed by atoms with Crippen LogP contribution in [0.25, 0.3) is 0 Å². The molecule has 0 saturated heterocycles. The van der Waals surface area contributed by atoms with Gasteiger partial charge >= 0.3 is 0 Å². The summed E-state index contributed by atoms with van der Waals surface area (Å²) in [7, 11) is 0. The molecule has 0 atom stereocenters. The summed E-state index contributed by atoms with van der Waals surface area (Å²) in [5.74, 6) is 0.651. The van der Waals surface area contributed by atoms with E-state index in [9.17, 15) is 4.79 Å². The Morgan fingerprint density at radius 2 is 2.30 bits per heavy atom. The van der Waals surface area contributed by atoms with Gasteiger partial charge in [0.05, 0.1) is 13.2 Å². The van der Waals surface area contributed by atoms with Gasteiger partial charge in [-0.15, -0.1) is 0 Å². The normalized spacial score (nSPS) is 11.2. The lowest BCUT2D eigenvalue weighted by atomic mass is 10.3. The summed E-state index contributed by atoms with van der Waals surface area (Å²) < 4.78 is 0. The third-order valence-corrected chi connectivity index (χ3v) is 3.71. The Labute approximate surface area is 121 Å². The van der Waals surface area contributed by atoms with Crippen molar-refractivity contribution < 1.29 is 5.11 Å². The van der Waals surface area contributed by atoms with Crippen LogP contribution in [-0.2, 0) is 19.5 Å². The maximum atomic E-state index is 11.6. The highest BCUT2D eigenvalue weighted by Crippen LogP contribution is 2.11. The monoisotopic (exact) mass is 293 g/mol. The molecular formula is C14H19N3O2S. The van der Waals surface area contributed by atoms with Gasteiger partial charge in [0.25, 0.3) is 5.56 Å². The molecule has 0 unspecified atom stereocenters. The van der Waals surface area contributed by atoms with Crippen molar-refractivity contribution in [3.63, 3.8) is 0 Å². The third kappa shape index (κ3) is 4.26. The molecule has 2 aromatic rings. The standard InChI is InChI=1S/C14H19N3O2S/c1-2-12-7-14(19)16-13(15-12)9-17(4-5-18)8-11-3-6-20-10-11/h3,6-7,10,18H,2,4-5,8-9H2,1H3,(H,15,16,19). The molecule has 0 spiro atoms. The number of aliphatic hydroxyl groups is 1. The quantitative estimate of drug-likeness (QED) is 0.809. The molecular weight excluding hydrogens is 274 g/mol. The molecule has 2 rings (SSSR count). The first-order chi connectivity index (χ1) is 9.71. The first kappa shape index (κ1) is 14.9. The van der Waals surface area contributed by atoms with Crippen LogP contribution in [0, 0.1) is 0 Å². The molecule has 0 bridgehead atoms. The minimum atomic E-state index is -0.119. The number of hydrogen-bond acceptors (Lipinski definition) is 5. The highest BCUT2D eigenvalue weighted by molar-refractivity contribution is 7.07. The van der Waals surface area contributed by atoms with Gasteiger partial charge in [-0.05, 0) is 28.8 Å². The lowest BCUT2D eigenvalue weighted by molar-refractivity contribution is 0.181. The maximum Gasteiger partial charge on any atom is 0.251 e. The van der Waals surface area contributed by atoms with E-state index >= 15 is 0 Å². The molecule has 0 saturated carbocycles. The van der Waals surface area contributed by atoms with E-state index in [1.165, 1.54) is 11.6 Å². The first-order valence-electron chi connectivity index (χ1n) is 6.64. The lowest BCUT2D eigenvalue weighted by Gasteiger charge is -2.20. The van der Waals surface area contributed by atoms with Crippen LogP contribution in [0.5, 0.6) is 0 Å². The summed E-state index contributed by atoms with van der Waals surface area (Å²) in [5.41, 5.74) is 1.88. The molecule has 0 radical (unpaired) electrons. The Morgan fingerprint density at radius 3 is 2.95 bits per heavy atom. The molecule has 6 heteroatoms. The van der Waals surface area contributed by atoms with Crippen LogP contribution in [0.2, 0.25) is 0 Å². The average Bonchev–Trinajstić information content (AvgIpc) is 2.91. The van der Waals surface area contributed by atoms with Crippen molar-refractivity contribution >= 4 is 11.3 Å². The molecule has 0 aliphatic carbocycles. The van der Waals surface area contributed by atoms with E-state index in [0.717, 1.165) is 18.7 Å². The zero-order valence-corrected chi connectivity index (χ0v) is 12.3. The molecule has 2 heterocycles. The number of H-pyrrole nitrogens is 1. The number of aryl methyl sites for hydroxylation is 1. The van der Waals surface area contributed by atoms with Gasteiger partial charge in [0.1, 0.15) is 5.82 Å². The van der Waals surface area contributed by atoms with Gasteiger partial charge in [0.15, 0.2) is 0 Å². The van der Waals surface area contributed by atoms with Gasteiger partial charge in [-0.1, -0.05) is 6.92 Å². The molecule has 0 aliphatic rings. The Balaban J connectivity index is 2.11. The Bertz CT molecular complexity index is 580. The zero-order chi connectivity index (χ0) is 14.4. The van der Waals surface area contributed by atoms with Crippen LogP contribution in [0.4, 0.5) is 0 Å². The molecule has 2 aromatic heterocycles. The van der Waals surface area contributed by atoms with Crippen LogP contribution in [0.15, 0.2) is 27.7 Å². The third-order valence-electron chi connectivity index (χ3n) is 2.98. The van der Waals surface area contributed by atoms with Crippen molar-refractivity contribution in [2.45, 2.75) is 26.4 Å². The zero-order valence-electron chi connectivity index (χ0n) is 11.5. The Kier molecular flexibility index (Phi) is 5.46. The van der Waals surface area contributed by atoms with Crippen molar-refractivity contribution in [2.75, 3.05) is 13.2 Å². The van der Waals surface area contributed by atoms with Gasteiger partial charge in [-0.2, -0.15) is 11.3 Å². The number of rotatable bonds is 7. The van der Waals surface area contributed by atoms with Gasteiger partial charge < -0.3 is 10.1 Å². The molecule has 0 aromatic carbocycles. The fraction of sp³-hybridized carbons (Fsp3) is 0.429. The largest absolute Gasteiger partial charge is 0.395 e. The summed E-state index contributed by atoms with van der Waals surface area (Å²) >= 11 is 1.65. The Hall–Kier alpha value is -1.50. The van der Waals surface area contributed by atoms with Gasteiger partial charge in [0, 0.05) is 24.8 Å². The van der Waals surface area contributed by atoms with E-state index in [-0.39, 0.29) is 12.2 Å². The number of aromatic amines is 1. The summed E-state index contributed by atoms with van der Waals surface area (Å²) in [6.07, 6.45) is 0.738. The van der Waals surface area contributed by atoms with E-state index in [2.05, 4.69) is 26.3 Å². The molecule has 20 heavy (non-hydrogen) atoms. The number of aliphatic hydroxyl groups excluding tert-OH is 1. The van der Waals surface area contributed by atoms with Crippen LogP contribution >= 0.6 is 11.3 Å². The number of aromatic nitrogens is 2. The van der Waals surface area contributed by atoms with E-state index < -0.39 is 0 Å². The molecule has 0 fully saturated rings. The van der Waals surface area contributed by atoms with Crippen LogP contribution in [0.3, 0.4) is 0 Å². The van der Waals surface area contributed by atoms with Crippen molar-refractivity contribution in [3.8, 4) is 0 Å². The first-order valence-corrected chi connectivity index (χ1v) is 7.59. The number of nitrogens with zero attached hydrogens (tertiary/aromatic N) is 2. The van der Waals surface area contributed by atoms with E-state index in [1.54, 1.807) is 11.3 Å². The molecule has 0 amide bonds. The van der Waals surface area contributed by atoms with Crippen LogP contribution in [-0.4, -0.2) is 33.1 Å². The van der Waals surface area contributed by atoms with Crippen molar-refractivity contribution in [3.05, 3.63) is 50.3 Å². The highest BCUT2D eigenvalue weighted by Gasteiger charge is 2.09. The highest BCUT2D eigenvalue weighted by atomic mass is 32.1. The smallest absolute Gasteiger partial charge is 0.251 e. The summed E-state index contributed by atoms with van der Waals surface area (Å²) in [6, 6.07) is 3.59. The molecule has 0 aliphatic heterocycles. The fourth-order valence-electron chi connectivity index (χ4n) is 2.03.